The average molecular weight is 285 g/mol. The molecule has 0 bridgehead atoms. The smallest absolute Gasteiger partial charge is 0.252 e. The molecule has 21 heavy (non-hydrogen) atoms. The monoisotopic (exact) mass is 285 g/mol. The van der Waals surface area contributed by atoms with Gasteiger partial charge in [-0.25, -0.2) is 0 Å². The molecule has 0 saturated heterocycles. The van der Waals surface area contributed by atoms with E-state index in [0.717, 1.165) is 11.1 Å². The number of hydrogen-bond acceptors (Lipinski definition) is 3. The molecule has 0 saturated carbocycles. The van der Waals surface area contributed by atoms with Gasteiger partial charge in [0.25, 0.3) is 5.91 Å². The van der Waals surface area contributed by atoms with Crippen LogP contribution in [0.25, 0.3) is 0 Å². The Balaban J connectivity index is 2.19. The quantitative estimate of drug-likeness (QED) is 0.785. The molecule has 0 heterocycles. The summed E-state index contributed by atoms with van der Waals surface area (Å²) in [5.74, 6) is -0.264. The number of benzene rings is 2. The van der Waals surface area contributed by atoms with Crippen LogP contribution in [0, 0.1) is 0 Å². The zero-order valence-electron chi connectivity index (χ0n) is 11.9. The third kappa shape index (κ3) is 3.48. The number of nitrogens with one attached hydrogen (secondary N) is 1. The summed E-state index contributed by atoms with van der Waals surface area (Å²) in [4.78, 5) is 12.3. The van der Waals surface area contributed by atoms with Gasteiger partial charge in [-0.3, -0.25) is 4.79 Å². The lowest BCUT2D eigenvalue weighted by atomic mass is 9.92. The van der Waals surface area contributed by atoms with Crippen LogP contribution in [0.3, 0.4) is 0 Å². The van der Waals surface area contributed by atoms with Gasteiger partial charge in [-0.05, 0) is 30.2 Å². The molecule has 0 radical (unpaired) electrons. The summed E-state index contributed by atoms with van der Waals surface area (Å²) in [7, 11) is 0. The average Bonchev–Trinajstić information content (AvgIpc) is 2.55. The van der Waals surface area contributed by atoms with Crippen LogP contribution in [-0.2, 0) is 12.1 Å². The normalized spacial score (nSPS) is 13.5. The highest BCUT2D eigenvalue weighted by Gasteiger charge is 2.28. The van der Waals surface area contributed by atoms with Crippen molar-refractivity contribution in [3.8, 4) is 0 Å². The van der Waals surface area contributed by atoms with Crippen molar-refractivity contribution >= 4 is 5.91 Å². The van der Waals surface area contributed by atoms with E-state index in [2.05, 4.69) is 5.32 Å². The second-order valence-electron chi connectivity index (χ2n) is 5.17. The van der Waals surface area contributed by atoms with Crippen molar-refractivity contribution < 1.29 is 15.0 Å². The number of rotatable bonds is 5. The molecule has 1 amide bonds. The first-order valence-corrected chi connectivity index (χ1v) is 6.78. The van der Waals surface area contributed by atoms with E-state index in [0.29, 0.717) is 5.56 Å². The van der Waals surface area contributed by atoms with Crippen molar-refractivity contribution in [2.45, 2.75) is 19.1 Å². The highest BCUT2D eigenvalue weighted by atomic mass is 16.3. The number of aliphatic hydroxyl groups is 2. The number of hydrogen-bond donors (Lipinski definition) is 3. The molecular formula is C17H19NO3. The van der Waals surface area contributed by atoms with Crippen LogP contribution in [0.15, 0.2) is 54.6 Å². The van der Waals surface area contributed by atoms with Gasteiger partial charge < -0.3 is 15.5 Å². The molecule has 0 aliphatic rings. The van der Waals surface area contributed by atoms with Gasteiger partial charge in [-0.15, -0.1) is 0 Å². The summed E-state index contributed by atoms with van der Waals surface area (Å²) in [5, 5.41) is 21.5. The molecule has 2 aromatic rings. The Morgan fingerprint density at radius 2 is 1.67 bits per heavy atom. The number of amides is 1. The first-order valence-electron chi connectivity index (χ1n) is 6.78. The van der Waals surface area contributed by atoms with Gasteiger partial charge in [0, 0.05) is 5.56 Å². The minimum absolute atomic E-state index is 0.0553. The van der Waals surface area contributed by atoms with Crippen LogP contribution < -0.4 is 5.32 Å². The summed E-state index contributed by atoms with van der Waals surface area (Å²) in [6.07, 6.45) is 0. The molecule has 2 rings (SSSR count). The lowest BCUT2D eigenvalue weighted by molar-refractivity contribution is 0.0849. The van der Waals surface area contributed by atoms with E-state index in [1.807, 2.05) is 30.3 Å². The van der Waals surface area contributed by atoms with Gasteiger partial charge in [0.2, 0.25) is 0 Å². The molecule has 0 fully saturated rings. The molecule has 4 nitrogen and oxygen atoms in total. The molecule has 0 spiro atoms. The highest BCUT2D eigenvalue weighted by Crippen LogP contribution is 2.20. The van der Waals surface area contributed by atoms with Crippen molar-refractivity contribution in [3.05, 3.63) is 71.3 Å². The van der Waals surface area contributed by atoms with Crippen molar-refractivity contribution in [1.82, 2.24) is 5.32 Å². The predicted octanol–water partition coefficient (Wildman–Crippen LogP) is 1.82. The fourth-order valence-corrected chi connectivity index (χ4v) is 2.09. The maximum atomic E-state index is 12.3. The Morgan fingerprint density at radius 3 is 2.19 bits per heavy atom. The second-order valence-corrected chi connectivity index (χ2v) is 5.17. The van der Waals surface area contributed by atoms with E-state index >= 15 is 0 Å². The van der Waals surface area contributed by atoms with Crippen molar-refractivity contribution in [2.24, 2.45) is 0 Å². The van der Waals surface area contributed by atoms with Crippen LogP contribution in [-0.4, -0.2) is 22.7 Å². The molecule has 4 heteroatoms. The van der Waals surface area contributed by atoms with Crippen molar-refractivity contribution in [3.63, 3.8) is 0 Å². The predicted molar refractivity (Wildman–Crippen MR) is 80.7 cm³/mol. The largest absolute Gasteiger partial charge is 0.394 e. The molecule has 0 aliphatic carbocycles. The fraction of sp³-hybridized carbons (Fsp3) is 0.235. The van der Waals surface area contributed by atoms with Gasteiger partial charge in [0.1, 0.15) is 0 Å². The molecule has 0 aromatic heterocycles. The van der Waals surface area contributed by atoms with Crippen molar-refractivity contribution in [2.75, 3.05) is 6.61 Å². The van der Waals surface area contributed by atoms with E-state index in [-0.39, 0.29) is 19.1 Å². The van der Waals surface area contributed by atoms with Gasteiger partial charge in [0.15, 0.2) is 0 Å². The third-order valence-electron chi connectivity index (χ3n) is 3.52. The van der Waals surface area contributed by atoms with E-state index in [1.54, 1.807) is 31.2 Å². The van der Waals surface area contributed by atoms with E-state index in [1.165, 1.54) is 0 Å². The molecule has 110 valence electrons. The highest BCUT2D eigenvalue weighted by molar-refractivity contribution is 5.94. The van der Waals surface area contributed by atoms with Crippen LogP contribution in [0.1, 0.15) is 28.4 Å². The van der Waals surface area contributed by atoms with E-state index in [9.17, 15) is 9.90 Å². The van der Waals surface area contributed by atoms with Crippen LogP contribution in [0.5, 0.6) is 0 Å². The molecule has 0 aliphatic heterocycles. The number of carbonyl (C=O) groups excluding carboxylic acids is 1. The Morgan fingerprint density at radius 1 is 1.05 bits per heavy atom. The fourth-order valence-electron chi connectivity index (χ4n) is 2.09. The van der Waals surface area contributed by atoms with Crippen LogP contribution in [0.2, 0.25) is 0 Å². The first kappa shape index (κ1) is 15.2. The summed E-state index contributed by atoms with van der Waals surface area (Å²) in [6.45, 7) is 1.53. The maximum Gasteiger partial charge on any atom is 0.252 e. The zero-order chi connectivity index (χ0) is 15.3. The molecule has 3 N–H and O–H groups in total. The Labute approximate surface area is 124 Å². The Bertz CT molecular complexity index is 595. The van der Waals surface area contributed by atoms with E-state index < -0.39 is 5.54 Å². The van der Waals surface area contributed by atoms with Gasteiger partial charge in [-0.1, -0.05) is 42.5 Å². The van der Waals surface area contributed by atoms with E-state index in [4.69, 9.17) is 5.11 Å². The standard InChI is InChI=1S/C17H19NO3/c1-17(12-20,15-5-3-2-4-6-15)18-16(21)14-9-7-13(11-19)8-10-14/h2-10,19-20H,11-12H2,1H3,(H,18,21). The minimum Gasteiger partial charge on any atom is -0.394 e. The SMILES string of the molecule is CC(CO)(NC(=O)c1ccc(CO)cc1)c1ccccc1. The second kappa shape index (κ2) is 6.52. The number of aliphatic hydroxyl groups excluding tert-OH is 2. The third-order valence-corrected chi connectivity index (χ3v) is 3.52. The van der Waals surface area contributed by atoms with Crippen LogP contribution in [0.4, 0.5) is 0 Å². The molecular weight excluding hydrogens is 266 g/mol. The summed E-state index contributed by atoms with van der Waals surface area (Å²) in [5.41, 5.74) is 1.24. The zero-order valence-corrected chi connectivity index (χ0v) is 11.9. The van der Waals surface area contributed by atoms with Gasteiger partial charge in [-0.2, -0.15) is 0 Å². The Kier molecular flexibility index (Phi) is 4.73. The van der Waals surface area contributed by atoms with Gasteiger partial charge >= 0.3 is 0 Å². The van der Waals surface area contributed by atoms with Crippen molar-refractivity contribution in [1.29, 1.82) is 0 Å². The summed E-state index contributed by atoms with van der Waals surface area (Å²) in [6, 6.07) is 16.1. The Hall–Kier alpha value is -2.17. The van der Waals surface area contributed by atoms with Crippen LogP contribution >= 0.6 is 0 Å². The molecule has 2 aromatic carbocycles. The topological polar surface area (TPSA) is 69.6 Å². The van der Waals surface area contributed by atoms with Gasteiger partial charge in [0.05, 0.1) is 18.8 Å². The number of carbonyl (C=O) groups is 1. The summed E-state index contributed by atoms with van der Waals surface area (Å²) >= 11 is 0. The maximum absolute atomic E-state index is 12.3. The lowest BCUT2D eigenvalue weighted by Crippen LogP contribution is -2.46. The minimum atomic E-state index is -0.839. The molecule has 1 unspecified atom stereocenters. The summed E-state index contributed by atoms with van der Waals surface area (Å²) < 4.78 is 0. The lowest BCUT2D eigenvalue weighted by Gasteiger charge is -2.29. The molecule has 1 atom stereocenters. The first-order chi connectivity index (χ1) is 10.1.